The Morgan fingerprint density at radius 3 is 2.00 bits per heavy atom. The lowest BCUT2D eigenvalue weighted by molar-refractivity contribution is -0.137. The first-order valence-electron chi connectivity index (χ1n) is 11.0. The average molecular weight is 464 g/mol. The van der Waals surface area contributed by atoms with Crippen LogP contribution < -0.4 is 0 Å². The minimum atomic E-state index is -4.29. The maximum Gasteiger partial charge on any atom is 0.416 e. The molecule has 1 aliphatic rings. The van der Waals surface area contributed by atoms with Crippen LogP contribution in [-0.4, -0.2) is 58.3 Å². The van der Waals surface area contributed by atoms with Crippen molar-refractivity contribution < 1.29 is 23.4 Å². The van der Waals surface area contributed by atoms with Crippen molar-refractivity contribution >= 4 is 10.9 Å². The highest BCUT2D eigenvalue weighted by Gasteiger charge is 2.30. The molecule has 0 radical (unpaired) electrons. The Bertz CT molecular complexity index is 986. The van der Waals surface area contributed by atoms with E-state index in [9.17, 15) is 18.3 Å². The number of fused-ring (bicyclic) bond motifs is 1. The number of phenols is 1. The first-order valence-corrected chi connectivity index (χ1v) is 11.0. The fourth-order valence-electron chi connectivity index (χ4n) is 3.76. The van der Waals surface area contributed by atoms with Gasteiger partial charge < -0.3 is 10.2 Å². The number of hydrogen-bond acceptors (Lipinski definition) is 5. The van der Waals surface area contributed by atoms with Crippen molar-refractivity contribution in [3.05, 3.63) is 71.4 Å². The summed E-state index contributed by atoms with van der Waals surface area (Å²) < 4.78 is 38.1. The summed E-state index contributed by atoms with van der Waals surface area (Å²) >= 11 is 0. The van der Waals surface area contributed by atoms with Crippen LogP contribution in [0.25, 0.3) is 10.9 Å². The number of piperazine rings is 1. The van der Waals surface area contributed by atoms with Gasteiger partial charge in [0, 0.05) is 58.0 Å². The van der Waals surface area contributed by atoms with Crippen LogP contribution in [0.4, 0.5) is 13.2 Å². The smallest absolute Gasteiger partial charge is 0.416 e. The zero-order chi connectivity index (χ0) is 24.4. The molecule has 180 valence electrons. The third-order valence-corrected chi connectivity index (χ3v) is 5.38. The second-order valence-electron chi connectivity index (χ2n) is 7.39. The molecule has 1 fully saturated rings. The highest BCUT2D eigenvalue weighted by Crippen LogP contribution is 2.29. The number of halogens is 3. The lowest BCUT2D eigenvalue weighted by atomic mass is 10.1. The number of aromatic hydroxyl groups is 1. The molecule has 0 saturated carbocycles. The minimum absolute atomic E-state index is 0.186. The molecule has 0 amide bonds. The molecule has 2 N–H and O–H groups in total. The topological polar surface area (TPSA) is 59.8 Å². The number of aliphatic hydroxyl groups is 1. The van der Waals surface area contributed by atoms with Gasteiger partial charge in [0.15, 0.2) is 0 Å². The summed E-state index contributed by atoms with van der Waals surface area (Å²) in [6.07, 6.45) is -2.62. The maximum absolute atomic E-state index is 12.7. The summed E-state index contributed by atoms with van der Waals surface area (Å²) in [5.74, 6) is 0.186. The molecule has 1 saturated heterocycles. The lowest BCUT2D eigenvalue weighted by Crippen LogP contribution is -2.45. The molecule has 0 bridgehead atoms. The molecule has 0 atom stereocenters. The van der Waals surface area contributed by atoms with Crippen LogP contribution >= 0.6 is 0 Å². The molecule has 33 heavy (non-hydrogen) atoms. The zero-order valence-corrected chi connectivity index (χ0v) is 19.3. The summed E-state index contributed by atoms with van der Waals surface area (Å²) in [7, 11) is 1.00. The number of pyridine rings is 1. The van der Waals surface area contributed by atoms with Crippen LogP contribution in [0.2, 0.25) is 0 Å². The first kappa shape index (κ1) is 26.6. The van der Waals surface area contributed by atoms with Crippen LogP contribution in [0.15, 0.2) is 54.7 Å². The van der Waals surface area contributed by atoms with Crippen LogP contribution in [0.3, 0.4) is 0 Å². The minimum Gasteiger partial charge on any atom is -0.506 e. The Hall–Kier alpha value is -2.68. The molecule has 1 aliphatic heterocycles. The normalized spacial score (nSPS) is 14.8. The highest BCUT2D eigenvalue weighted by molar-refractivity contribution is 5.87. The highest BCUT2D eigenvalue weighted by atomic mass is 19.4. The Morgan fingerprint density at radius 1 is 0.848 bits per heavy atom. The van der Waals surface area contributed by atoms with Crippen molar-refractivity contribution in [2.24, 2.45) is 0 Å². The Labute approximate surface area is 193 Å². The van der Waals surface area contributed by atoms with Crippen molar-refractivity contribution in [3.8, 4) is 5.75 Å². The number of alkyl halides is 3. The van der Waals surface area contributed by atoms with Crippen molar-refractivity contribution in [2.45, 2.75) is 33.1 Å². The van der Waals surface area contributed by atoms with E-state index in [0.717, 1.165) is 68.5 Å². The van der Waals surface area contributed by atoms with E-state index >= 15 is 0 Å². The number of aliphatic hydroxyl groups excluding tert-OH is 1. The molecule has 8 heteroatoms. The molecule has 1 aromatic heterocycles. The van der Waals surface area contributed by atoms with E-state index in [1.165, 1.54) is 0 Å². The van der Waals surface area contributed by atoms with Gasteiger partial charge in [0.05, 0.1) is 5.56 Å². The second-order valence-corrected chi connectivity index (χ2v) is 7.39. The zero-order valence-electron chi connectivity index (χ0n) is 19.3. The van der Waals surface area contributed by atoms with Gasteiger partial charge in [0.2, 0.25) is 0 Å². The van der Waals surface area contributed by atoms with Gasteiger partial charge in [0.1, 0.15) is 11.3 Å². The van der Waals surface area contributed by atoms with Gasteiger partial charge in [-0.3, -0.25) is 14.8 Å². The van der Waals surface area contributed by atoms with E-state index in [0.29, 0.717) is 12.1 Å². The molecule has 2 heterocycles. The van der Waals surface area contributed by atoms with Crippen molar-refractivity contribution in [2.75, 3.05) is 33.3 Å². The number of aromatic nitrogens is 1. The van der Waals surface area contributed by atoms with Gasteiger partial charge in [-0.25, -0.2) is 0 Å². The van der Waals surface area contributed by atoms with E-state index in [-0.39, 0.29) is 5.75 Å². The number of hydrogen-bond donors (Lipinski definition) is 2. The number of benzene rings is 2. The van der Waals surface area contributed by atoms with Crippen molar-refractivity contribution in [1.82, 2.24) is 14.8 Å². The average Bonchev–Trinajstić information content (AvgIpc) is 2.85. The molecule has 0 spiro atoms. The quantitative estimate of drug-likeness (QED) is 0.576. The van der Waals surface area contributed by atoms with Crippen LogP contribution in [-0.2, 0) is 19.3 Å². The second kappa shape index (κ2) is 12.5. The van der Waals surface area contributed by atoms with Crippen LogP contribution in [0, 0.1) is 0 Å². The van der Waals surface area contributed by atoms with Gasteiger partial charge >= 0.3 is 6.18 Å². The van der Waals surface area contributed by atoms with E-state index in [1.54, 1.807) is 24.4 Å². The fraction of sp³-hybridized carbons (Fsp3) is 0.400. The van der Waals surface area contributed by atoms with Crippen molar-refractivity contribution in [3.63, 3.8) is 0 Å². The predicted octanol–water partition coefficient (Wildman–Crippen LogP) is 4.91. The molecule has 0 unspecified atom stereocenters. The molecule has 3 aromatic rings. The summed E-state index contributed by atoms with van der Waals surface area (Å²) in [5.41, 5.74) is 2.02. The lowest BCUT2D eigenvalue weighted by Gasteiger charge is -2.35. The Morgan fingerprint density at radius 2 is 1.42 bits per heavy atom. The number of nitrogens with zero attached hydrogens (tertiary/aromatic N) is 3. The summed E-state index contributed by atoms with van der Waals surface area (Å²) in [5, 5.41) is 18.0. The molecule has 0 aliphatic carbocycles. The van der Waals surface area contributed by atoms with E-state index in [4.69, 9.17) is 5.11 Å². The van der Waals surface area contributed by atoms with Gasteiger partial charge in [0.25, 0.3) is 0 Å². The summed E-state index contributed by atoms with van der Waals surface area (Å²) in [6, 6.07) is 12.9. The summed E-state index contributed by atoms with van der Waals surface area (Å²) in [4.78, 5) is 8.88. The fourth-order valence-corrected chi connectivity index (χ4v) is 3.76. The third-order valence-electron chi connectivity index (χ3n) is 5.38. The number of rotatable bonds is 4. The van der Waals surface area contributed by atoms with Gasteiger partial charge in [-0.1, -0.05) is 38.1 Å². The molecule has 5 nitrogen and oxygen atoms in total. The predicted molar refractivity (Wildman–Crippen MR) is 125 cm³/mol. The standard InChI is InChI=1S/C22H22F3N3O.C2H6.CH4O/c23-22(24,25)18-6-3-16(4-7-18)14-27-10-12-28(13-11-27)15-17-5-8-20(29)21-19(17)2-1-9-26-21;2*1-2/h1-9,29H,10-15H2;1-2H3;2H,1H3. The van der Waals surface area contributed by atoms with Crippen LogP contribution in [0.1, 0.15) is 30.5 Å². The first-order chi connectivity index (χ1) is 15.9. The SMILES string of the molecule is CC.CO.Oc1ccc(CN2CCN(Cc3ccc(C(F)(F)F)cc3)CC2)c2cccnc12. The molecule has 2 aromatic carbocycles. The van der Waals surface area contributed by atoms with E-state index < -0.39 is 11.7 Å². The van der Waals surface area contributed by atoms with Gasteiger partial charge in [-0.2, -0.15) is 13.2 Å². The molecular formula is C25H32F3N3O2. The largest absolute Gasteiger partial charge is 0.506 e. The third kappa shape index (κ3) is 7.15. The van der Waals surface area contributed by atoms with E-state index in [1.807, 2.05) is 32.0 Å². The Balaban J connectivity index is 0.000000914. The molecule has 4 rings (SSSR count). The van der Waals surface area contributed by atoms with Gasteiger partial charge in [-0.05, 0) is 35.4 Å². The Kier molecular flexibility index (Phi) is 10.1. The van der Waals surface area contributed by atoms with E-state index in [2.05, 4.69) is 14.8 Å². The van der Waals surface area contributed by atoms with Crippen LogP contribution in [0.5, 0.6) is 5.75 Å². The number of phenolic OH excluding ortho intramolecular Hbond substituents is 1. The molecular weight excluding hydrogens is 431 g/mol. The van der Waals surface area contributed by atoms with Gasteiger partial charge in [-0.15, -0.1) is 0 Å². The summed E-state index contributed by atoms with van der Waals surface area (Å²) in [6.45, 7) is 8.89. The monoisotopic (exact) mass is 463 g/mol. The maximum atomic E-state index is 12.7. The van der Waals surface area contributed by atoms with Crippen molar-refractivity contribution in [1.29, 1.82) is 0 Å².